The maximum absolute atomic E-state index is 13.6. The summed E-state index contributed by atoms with van der Waals surface area (Å²) in [5.74, 6) is -3.99. The van der Waals surface area contributed by atoms with Crippen molar-refractivity contribution in [2.24, 2.45) is 0 Å². The predicted octanol–water partition coefficient (Wildman–Crippen LogP) is 3.13. The molecule has 7 nitrogen and oxygen atoms in total. The second kappa shape index (κ2) is 8.64. The summed E-state index contributed by atoms with van der Waals surface area (Å²) >= 11 is 0. The third kappa shape index (κ3) is 4.36. The number of carbonyl (C=O) groups is 3. The second-order valence-electron chi connectivity index (χ2n) is 5.98. The van der Waals surface area contributed by atoms with Crippen molar-refractivity contribution in [1.82, 2.24) is 4.98 Å². The van der Waals surface area contributed by atoms with Gasteiger partial charge >= 0.3 is 11.9 Å². The molecule has 0 aliphatic rings. The monoisotopic (exact) mass is 394 g/mol. The van der Waals surface area contributed by atoms with Gasteiger partial charge in [0.2, 0.25) is 0 Å². The molecule has 1 aromatic carbocycles. The van der Waals surface area contributed by atoms with Crippen LogP contribution < -0.4 is 5.32 Å². The average molecular weight is 394 g/mol. The highest BCUT2D eigenvalue weighted by Gasteiger charge is 2.27. The number of nitrogens with one attached hydrogen (secondary N) is 2. The minimum Gasteiger partial charge on any atom is -0.465 e. The first-order chi connectivity index (χ1) is 13.2. The van der Waals surface area contributed by atoms with E-state index in [0.29, 0.717) is 23.7 Å². The van der Waals surface area contributed by atoms with E-state index < -0.39 is 35.6 Å². The van der Waals surface area contributed by atoms with Gasteiger partial charge in [0.05, 0.1) is 18.4 Å². The number of rotatable bonds is 6. The highest BCUT2D eigenvalue weighted by Crippen LogP contribution is 2.22. The van der Waals surface area contributed by atoms with E-state index in [0.717, 1.165) is 12.1 Å². The molecule has 0 radical (unpaired) electrons. The summed E-state index contributed by atoms with van der Waals surface area (Å²) in [5, 5.41) is 2.22. The Kier molecular flexibility index (Phi) is 6.50. The van der Waals surface area contributed by atoms with Gasteiger partial charge in [-0.25, -0.2) is 18.4 Å². The van der Waals surface area contributed by atoms with Crippen molar-refractivity contribution in [3.8, 4) is 0 Å². The van der Waals surface area contributed by atoms with Gasteiger partial charge in [-0.05, 0) is 38.0 Å². The Bertz CT molecular complexity index is 923. The number of aromatic amines is 1. The fourth-order valence-corrected chi connectivity index (χ4v) is 2.60. The lowest BCUT2D eigenvalue weighted by Gasteiger charge is -2.14. The molecule has 0 bridgehead atoms. The molecule has 150 valence electrons. The molecule has 1 heterocycles. The van der Waals surface area contributed by atoms with Gasteiger partial charge in [-0.15, -0.1) is 0 Å². The van der Waals surface area contributed by atoms with Gasteiger partial charge in [0.1, 0.15) is 17.3 Å². The summed E-state index contributed by atoms with van der Waals surface area (Å²) in [7, 11) is 1.23. The van der Waals surface area contributed by atoms with Crippen LogP contribution in [-0.4, -0.2) is 36.0 Å². The van der Waals surface area contributed by atoms with Crippen LogP contribution in [0.5, 0.6) is 0 Å². The second-order valence-corrected chi connectivity index (χ2v) is 5.98. The Morgan fingerprint density at radius 2 is 1.89 bits per heavy atom. The van der Waals surface area contributed by atoms with Crippen LogP contribution in [0.25, 0.3) is 0 Å². The van der Waals surface area contributed by atoms with Gasteiger partial charge in [-0.1, -0.05) is 6.92 Å². The van der Waals surface area contributed by atoms with E-state index in [-0.39, 0.29) is 16.9 Å². The van der Waals surface area contributed by atoms with Crippen molar-refractivity contribution >= 4 is 23.5 Å². The average Bonchev–Trinajstić information content (AvgIpc) is 2.99. The van der Waals surface area contributed by atoms with Gasteiger partial charge in [-0.2, -0.15) is 0 Å². The van der Waals surface area contributed by atoms with E-state index in [9.17, 15) is 23.2 Å². The Morgan fingerprint density at radius 1 is 1.21 bits per heavy atom. The molecular weight excluding hydrogens is 374 g/mol. The molecule has 2 N–H and O–H groups in total. The molecule has 28 heavy (non-hydrogen) atoms. The number of methoxy groups -OCH3 is 1. The number of aryl methyl sites for hydroxylation is 1. The lowest BCUT2D eigenvalue weighted by Crippen LogP contribution is -2.30. The molecule has 1 unspecified atom stereocenters. The Morgan fingerprint density at radius 3 is 2.46 bits per heavy atom. The highest BCUT2D eigenvalue weighted by atomic mass is 19.1. The van der Waals surface area contributed by atoms with Crippen molar-refractivity contribution in [3.05, 3.63) is 52.3 Å². The van der Waals surface area contributed by atoms with Crippen LogP contribution in [0.15, 0.2) is 18.2 Å². The summed E-state index contributed by atoms with van der Waals surface area (Å²) in [4.78, 5) is 39.3. The summed E-state index contributed by atoms with van der Waals surface area (Å²) < 4.78 is 36.4. The van der Waals surface area contributed by atoms with Gasteiger partial charge in [-0.3, -0.25) is 4.79 Å². The minimum atomic E-state index is -1.27. The number of halogens is 2. The topological polar surface area (TPSA) is 97.5 Å². The first-order valence-electron chi connectivity index (χ1n) is 8.46. The molecular formula is C19H20F2N2O5. The van der Waals surface area contributed by atoms with E-state index in [1.54, 1.807) is 13.8 Å². The van der Waals surface area contributed by atoms with Crippen LogP contribution in [0.1, 0.15) is 46.0 Å². The summed E-state index contributed by atoms with van der Waals surface area (Å²) in [6.07, 6.45) is -0.829. The van der Waals surface area contributed by atoms with E-state index in [1.165, 1.54) is 14.0 Å². The molecule has 0 spiro atoms. The number of H-pyrrole nitrogens is 1. The molecule has 0 saturated carbocycles. The number of carbonyl (C=O) groups excluding carboxylic acids is 3. The fourth-order valence-electron chi connectivity index (χ4n) is 2.60. The fraction of sp³-hybridized carbons (Fsp3) is 0.316. The van der Waals surface area contributed by atoms with Gasteiger partial charge < -0.3 is 19.8 Å². The van der Waals surface area contributed by atoms with Gasteiger partial charge in [0.15, 0.2) is 6.10 Å². The van der Waals surface area contributed by atoms with Crippen molar-refractivity contribution in [2.75, 3.05) is 12.4 Å². The zero-order valence-corrected chi connectivity index (χ0v) is 15.8. The van der Waals surface area contributed by atoms with Crippen molar-refractivity contribution in [3.63, 3.8) is 0 Å². The SMILES string of the molecule is CCc1[nH]c(C(=O)OC(C)C(=O)Nc2ccc(F)cc2F)c(C)c1C(=O)OC. The quantitative estimate of drug-likeness (QED) is 0.734. The lowest BCUT2D eigenvalue weighted by molar-refractivity contribution is -0.123. The smallest absolute Gasteiger partial charge is 0.355 e. The molecule has 0 aliphatic heterocycles. The number of benzene rings is 1. The van der Waals surface area contributed by atoms with Crippen LogP contribution in [0.3, 0.4) is 0 Å². The Labute approximate surface area is 160 Å². The molecule has 0 saturated heterocycles. The first kappa shape index (κ1) is 21.1. The minimum absolute atomic E-state index is 0.0184. The predicted molar refractivity (Wildman–Crippen MR) is 96.1 cm³/mol. The number of esters is 2. The molecule has 2 aromatic rings. The number of hydrogen-bond acceptors (Lipinski definition) is 5. The molecule has 1 amide bonds. The van der Waals surface area contributed by atoms with E-state index in [4.69, 9.17) is 9.47 Å². The summed E-state index contributed by atoms with van der Waals surface area (Å²) in [6.45, 7) is 4.64. The van der Waals surface area contributed by atoms with Gasteiger partial charge in [0.25, 0.3) is 5.91 Å². The summed E-state index contributed by atoms with van der Waals surface area (Å²) in [6, 6.07) is 2.66. The third-order valence-corrected chi connectivity index (χ3v) is 4.12. The maximum Gasteiger partial charge on any atom is 0.355 e. The van der Waals surface area contributed by atoms with E-state index >= 15 is 0 Å². The van der Waals surface area contributed by atoms with E-state index in [2.05, 4.69) is 10.3 Å². The number of anilines is 1. The molecule has 9 heteroatoms. The highest BCUT2D eigenvalue weighted by molar-refractivity contribution is 6.00. The largest absolute Gasteiger partial charge is 0.465 e. The maximum atomic E-state index is 13.6. The van der Waals surface area contributed by atoms with Crippen LogP contribution in [0, 0.1) is 18.6 Å². The van der Waals surface area contributed by atoms with Crippen molar-refractivity contribution in [1.29, 1.82) is 0 Å². The molecule has 1 aromatic heterocycles. The number of ether oxygens (including phenoxy) is 2. The first-order valence-corrected chi connectivity index (χ1v) is 8.46. The van der Waals surface area contributed by atoms with E-state index in [1.807, 2.05) is 0 Å². The van der Waals surface area contributed by atoms with Crippen LogP contribution in [0.2, 0.25) is 0 Å². The summed E-state index contributed by atoms with van der Waals surface area (Å²) in [5.41, 5.74) is 0.853. The number of hydrogen-bond donors (Lipinski definition) is 2. The zero-order valence-electron chi connectivity index (χ0n) is 15.8. The normalized spacial score (nSPS) is 11.6. The Balaban J connectivity index is 2.14. The molecule has 1 atom stereocenters. The number of amides is 1. The molecule has 0 aliphatic carbocycles. The lowest BCUT2D eigenvalue weighted by atomic mass is 10.1. The molecule has 0 fully saturated rings. The van der Waals surface area contributed by atoms with Crippen LogP contribution in [0.4, 0.5) is 14.5 Å². The van der Waals surface area contributed by atoms with Crippen molar-refractivity contribution < 1.29 is 32.6 Å². The molecule has 2 rings (SSSR count). The van der Waals surface area contributed by atoms with Gasteiger partial charge in [0, 0.05) is 11.8 Å². The zero-order chi connectivity index (χ0) is 21.0. The van der Waals surface area contributed by atoms with Crippen LogP contribution in [-0.2, 0) is 20.7 Å². The third-order valence-electron chi connectivity index (χ3n) is 4.12. The number of aromatic nitrogens is 1. The van der Waals surface area contributed by atoms with Crippen LogP contribution >= 0.6 is 0 Å². The standard InChI is InChI=1S/C19H20F2N2O5/c1-5-13-15(18(25)27-4)9(2)16(22-13)19(26)28-10(3)17(24)23-14-7-6-11(20)8-12(14)21/h6-8,10,22H,5H2,1-4H3,(H,23,24). The van der Waals surface area contributed by atoms with Crippen molar-refractivity contribution in [2.45, 2.75) is 33.3 Å². The Hall–Kier alpha value is -3.23.